The van der Waals surface area contributed by atoms with Gasteiger partial charge < -0.3 is 5.11 Å². The van der Waals surface area contributed by atoms with Crippen molar-refractivity contribution < 1.29 is 5.11 Å². The minimum absolute atomic E-state index is 0.186. The highest BCUT2D eigenvalue weighted by molar-refractivity contribution is 5.90. The summed E-state index contributed by atoms with van der Waals surface area (Å²) in [6.07, 6.45) is 15.5. The first kappa shape index (κ1) is 27.1. The van der Waals surface area contributed by atoms with Gasteiger partial charge in [0.25, 0.3) is 0 Å². The average molecular weight is 505 g/mol. The van der Waals surface area contributed by atoms with Crippen molar-refractivity contribution in [3.63, 3.8) is 0 Å². The minimum Gasteiger partial charge on any atom is -0.393 e. The number of aliphatic hydroxyl groups is 1. The molecule has 3 heteroatoms. The Kier molecular flexibility index (Phi) is 8.02. The van der Waals surface area contributed by atoms with Crippen LogP contribution >= 0.6 is 0 Å². The third-order valence-electron chi connectivity index (χ3n) is 11.8. The van der Waals surface area contributed by atoms with Gasteiger partial charge in [0.05, 0.1) is 12.3 Å². The van der Waals surface area contributed by atoms with E-state index in [9.17, 15) is 5.11 Å². The molecule has 4 aliphatic carbocycles. The number of rotatable bonds is 7. The summed E-state index contributed by atoms with van der Waals surface area (Å²) >= 11 is 0. The Morgan fingerprint density at radius 1 is 0.946 bits per heavy atom. The Balaban J connectivity index is 1.39. The van der Waals surface area contributed by atoms with Gasteiger partial charge in [-0.3, -0.25) is 0 Å². The molecule has 0 bridgehead atoms. The van der Waals surface area contributed by atoms with Crippen molar-refractivity contribution in [2.75, 3.05) is 0 Å². The Morgan fingerprint density at radius 2 is 1.68 bits per heavy atom. The van der Waals surface area contributed by atoms with Crippen molar-refractivity contribution >= 4 is 11.9 Å². The van der Waals surface area contributed by atoms with E-state index in [1.165, 1.54) is 50.7 Å². The molecule has 37 heavy (non-hydrogen) atoms. The van der Waals surface area contributed by atoms with Crippen LogP contribution in [0.5, 0.6) is 0 Å². The first-order valence-electron chi connectivity index (χ1n) is 15.5. The largest absolute Gasteiger partial charge is 0.393 e. The van der Waals surface area contributed by atoms with E-state index in [0.717, 1.165) is 66.8 Å². The fourth-order valence-electron chi connectivity index (χ4n) is 9.89. The maximum absolute atomic E-state index is 10.7. The lowest BCUT2D eigenvalue weighted by molar-refractivity contribution is -0.0938. The van der Waals surface area contributed by atoms with E-state index >= 15 is 0 Å². The van der Waals surface area contributed by atoms with E-state index in [0.29, 0.717) is 11.3 Å². The van der Waals surface area contributed by atoms with Crippen LogP contribution in [0.15, 0.2) is 40.5 Å². The third kappa shape index (κ3) is 5.23. The predicted molar refractivity (Wildman–Crippen MR) is 156 cm³/mol. The van der Waals surface area contributed by atoms with Gasteiger partial charge in [0, 0.05) is 11.6 Å². The summed E-state index contributed by atoms with van der Waals surface area (Å²) in [6, 6.07) is 10.3. The molecule has 9 atom stereocenters. The Bertz CT molecular complexity index is 969. The fraction of sp³-hybridized carbons (Fsp3) is 0.765. The molecule has 0 amide bonds. The molecule has 0 radical (unpaired) electrons. The quantitative estimate of drug-likeness (QED) is 0.293. The maximum atomic E-state index is 10.7. The lowest BCUT2D eigenvalue weighted by Crippen LogP contribution is -2.57. The van der Waals surface area contributed by atoms with Crippen LogP contribution in [-0.2, 0) is 0 Å². The first-order valence-corrected chi connectivity index (χ1v) is 15.5. The van der Waals surface area contributed by atoms with Crippen molar-refractivity contribution in [1.82, 2.24) is 0 Å². The van der Waals surface area contributed by atoms with Crippen molar-refractivity contribution in [2.24, 2.45) is 62.5 Å². The SMILES string of the molecule is CC(C)CCC[C@@H](C)[C@H]1CC[C@H]2[C@@H]3C/C(=N\N=C\c4ccccc4)C4C[C@@H](O)CC[C@]4(C)[C@H]3CC[C@]12C. The van der Waals surface area contributed by atoms with Gasteiger partial charge in [0.1, 0.15) is 0 Å². The second-order valence-electron chi connectivity index (χ2n) is 14.3. The summed E-state index contributed by atoms with van der Waals surface area (Å²) < 4.78 is 0. The van der Waals surface area contributed by atoms with Crippen LogP contribution in [0.3, 0.4) is 0 Å². The van der Waals surface area contributed by atoms with Gasteiger partial charge in [-0.25, -0.2) is 0 Å². The maximum Gasteiger partial charge on any atom is 0.0568 e. The second-order valence-corrected chi connectivity index (χ2v) is 14.3. The van der Waals surface area contributed by atoms with Crippen LogP contribution in [0, 0.1) is 52.3 Å². The van der Waals surface area contributed by atoms with E-state index in [-0.39, 0.29) is 11.5 Å². The normalized spacial score (nSPS) is 41.5. The molecule has 204 valence electrons. The summed E-state index contributed by atoms with van der Waals surface area (Å²) in [5, 5.41) is 20.3. The van der Waals surface area contributed by atoms with Gasteiger partial charge in [-0.2, -0.15) is 10.2 Å². The van der Waals surface area contributed by atoms with Crippen molar-refractivity contribution in [3.05, 3.63) is 35.9 Å². The summed E-state index contributed by atoms with van der Waals surface area (Å²) in [6.45, 7) is 12.5. The Morgan fingerprint density at radius 3 is 2.43 bits per heavy atom. The topological polar surface area (TPSA) is 45.0 Å². The molecule has 0 heterocycles. The minimum atomic E-state index is -0.186. The van der Waals surface area contributed by atoms with E-state index < -0.39 is 0 Å². The zero-order valence-corrected chi connectivity index (χ0v) is 24.2. The highest BCUT2D eigenvalue weighted by Crippen LogP contribution is 2.68. The molecule has 0 aliphatic heterocycles. The second kappa shape index (κ2) is 10.9. The van der Waals surface area contributed by atoms with Gasteiger partial charge in [0.15, 0.2) is 0 Å². The molecule has 5 rings (SSSR count). The molecule has 4 saturated carbocycles. The summed E-state index contributed by atoms with van der Waals surface area (Å²) in [5.74, 6) is 5.23. The molecule has 1 aromatic rings. The highest BCUT2D eigenvalue weighted by Gasteiger charge is 2.62. The van der Waals surface area contributed by atoms with Crippen LogP contribution in [0.1, 0.15) is 111 Å². The van der Waals surface area contributed by atoms with E-state index in [2.05, 4.69) is 64.0 Å². The Hall–Kier alpha value is -1.48. The zero-order chi connectivity index (χ0) is 26.2. The molecule has 4 aliphatic rings. The van der Waals surface area contributed by atoms with Gasteiger partial charge >= 0.3 is 0 Å². The van der Waals surface area contributed by atoms with Gasteiger partial charge in [-0.1, -0.05) is 84.2 Å². The molecule has 1 N–H and O–H groups in total. The summed E-state index contributed by atoms with van der Waals surface area (Å²) in [5.41, 5.74) is 3.12. The third-order valence-corrected chi connectivity index (χ3v) is 11.8. The van der Waals surface area contributed by atoms with Crippen LogP contribution in [0.2, 0.25) is 0 Å². The molecule has 0 spiro atoms. The molecule has 0 saturated heterocycles. The lowest BCUT2D eigenvalue weighted by atomic mass is 9.44. The smallest absolute Gasteiger partial charge is 0.0568 e. The van der Waals surface area contributed by atoms with Crippen LogP contribution in [0.25, 0.3) is 0 Å². The number of fused-ring (bicyclic) bond motifs is 5. The van der Waals surface area contributed by atoms with E-state index in [1.807, 2.05) is 12.3 Å². The standard InChI is InChI=1S/C34H52N2O/c1-23(2)10-9-11-24(3)28-14-15-29-27-21-32(36-35-22-25-12-7-6-8-13-25)31-20-26(37)16-18-34(31,5)30(27)17-19-33(28,29)4/h6-8,12-13,22-24,26-31,37H,9-11,14-21H2,1-5H3/b35-22+,36-32+/t24-,26+,27+,28-,29+,30+,31?,33-,34-/m1/s1. The molecule has 1 unspecified atom stereocenters. The number of hydrogen-bond donors (Lipinski definition) is 1. The Labute approximate surface area is 226 Å². The number of hydrogen-bond acceptors (Lipinski definition) is 3. The van der Waals surface area contributed by atoms with Crippen LogP contribution in [0.4, 0.5) is 0 Å². The molecular formula is C34H52N2O. The zero-order valence-electron chi connectivity index (χ0n) is 24.2. The average Bonchev–Trinajstić information content (AvgIpc) is 3.23. The summed E-state index contributed by atoms with van der Waals surface area (Å²) in [7, 11) is 0. The summed E-state index contributed by atoms with van der Waals surface area (Å²) in [4.78, 5) is 0. The molecule has 0 aromatic heterocycles. The molecular weight excluding hydrogens is 452 g/mol. The first-order chi connectivity index (χ1) is 17.7. The lowest BCUT2D eigenvalue weighted by Gasteiger charge is -2.61. The number of benzene rings is 1. The van der Waals surface area contributed by atoms with E-state index in [1.54, 1.807) is 0 Å². The van der Waals surface area contributed by atoms with Crippen LogP contribution in [-0.4, -0.2) is 23.1 Å². The van der Waals surface area contributed by atoms with Gasteiger partial charge in [-0.05, 0) is 103 Å². The molecule has 1 aromatic carbocycles. The van der Waals surface area contributed by atoms with Gasteiger partial charge in [-0.15, -0.1) is 0 Å². The number of aliphatic hydroxyl groups excluding tert-OH is 1. The van der Waals surface area contributed by atoms with Gasteiger partial charge in [0.2, 0.25) is 0 Å². The van der Waals surface area contributed by atoms with Crippen molar-refractivity contribution in [2.45, 2.75) is 111 Å². The molecule has 3 nitrogen and oxygen atoms in total. The number of nitrogens with zero attached hydrogens (tertiary/aromatic N) is 2. The predicted octanol–water partition coefficient (Wildman–Crippen LogP) is 8.55. The highest BCUT2D eigenvalue weighted by atomic mass is 16.3. The van der Waals surface area contributed by atoms with Crippen molar-refractivity contribution in [3.8, 4) is 0 Å². The van der Waals surface area contributed by atoms with E-state index in [4.69, 9.17) is 5.10 Å². The molecule has 4 fully saturated rings. The fourth-order valence-corrected chi connectivity index (χ4v) is 9.89. The van der Waals surface area contributed by atoms with Crippen molar-refractivity contribution in [1.29, 1.82) is 0 Å². The van der Waals surface area contributed by atoms with Crippen LogP contribution < -0.4 is 0 Å². The monoisotopic (exact) mass is 504 g/mol.